The summed E-state index contributed by atoms with van der Waals surface area (Å²) in [7, 11) is 2.90. The van der Waals surface area contributed by atoms with Crippen LogP contribution in [0.1, 0.15) is 17.7 Å². The van der Waals surface area contributed by atoms with E-state index in [2.05, 4.69) is 19.9 Å². The molecule has 4 aromatic rings. The van der Waals surface area contributed by atoms with Gasteiger partial charge in [0.05, 0.1) is 28.8 Å². The molecule has 218 valence electrons. The third-order valence-corrected chi connectivity index (χ3v) is 7.19. The van der Waals surface area contributed by atoms with Crippen LogP contribution in [-0.2, 0) is 11.0 Å². The maximum Gasteiger partial charge on any atom is 0.418 e. The molecule has 14 heteroatoms. The van der Waals surface area contributed by atoms with Gasteiger partial charge >= 0.3 is 12.2 Å². The fourth-order valence-corrected chi connectivity index (χ4v) is 5.08. The summed E-state index contributed by atoms with van der Waals surface area (Å²) in [5.41, 5.74) is -2.40. The average molecular weight is 605 g/mol. The Bertz CT molecular complexity index is 1690. The predicted molar refractivity (Wildman–Crippen MR) is 146 cm³/mol. The number of fused-ring (bicyclic) bond motifs is 1. The van der Waals surface area contributed by atoms with Crippen molar-refractivity contribution in [1.82, 2.24) is 24.8 Å². The molecule has 1 atom stereocenters. The third-order valence-electron chi connectivity index (χ3n) is 6.88. The molecule has 1 aliphatic heterocycles. The molecule has 1 fully saturated rings. The summed E-state index contributed by atoms with van der Waals surface area (Å²) in [6, 6.07) is 7.69. The van der Waals surface area contributed by atoms with Gasteiger partial charge in [0.25, 0.3) is 5.91 Å². The summed E-state index contributed by atoms with van der Waals surface area (Å²) in [6.45, 7) is 0.362. The molecular formula is C28H22ClF5N6O2. The van der Waals surface area contributed by atoms with Gasteiger partial charge in [-0.05, 0) is 24.6 Å². The van der Waals surface area contributed by atoms with Gasteiger partial charge in [-0.15, -0.1) is 0 Å². The van der Waals surface area contributed by atoms with E-state index >= 15 is 4.39 Å². The Morgan fingerprint density at radius 3 is 2.64 bits per heavy atom. The number of hydrogen-bond donors (Lipinski definition) is 0. The van der Waals surface area contributed by atoms with Gasteiger partial charge in [-0.2, -0.15) is 23.1 Å². The number of carbonyl (C=O) groups excluding carboxylic acids is 1. The van der Waals surface area contributed by atoms with E-state index in [0.29, 0.717) is 12.1 Å². The largest absolute Gasteiger partial charge is 0.467 e. The van der Waals surface area contributed by atoms with E-state index in [1.807, 2.05) is 0 Å². The lowest BCUT2D eigenvalue weighted by Crippen LogP contribution is -2.37. The number of likely N-dealkylation sites (tertiary alicyclic amines) is 1. The van der Waals surface area contributed by atoms with Crippen molar-refractivity contribution in [3.05, 3.63) is 76.7 Å². The van der Waals surface area contributed by atoms with Gasteiger partial charge in [-0.3, -0.25) is 14.8 Å². The van der Waals surface area contributed by atoms with E-state index < -0.39 is 45.6 Å². The Balaban J connectivity index is 1.48. The zero-order valence-electron chi connectivity index (χ0n) is 22.2. The van der Waals surface area contributed by atoms with Crippen LogP contribution in [0.2, 0.25) is 5.02 Å². The fraction of sp³-hybridized carbons (Fsp3) is 0.250. The van der Waals surface area contributed by atoms with Crippen LogP contribution >= 0.6 is 11.6 Å². The molecular weight excluding hydrogens is 583 g/mol. The van der Waals surface area contributed by atoms with Crippen LogP contribution in [0, 0.1) is 5.82 Å². The predicted octanol–water partition coefficient (Wildman–Crippen LogP) is 5.95. The number of benzene rings is 1. The van der Waals surface area contributed by atoms with Gasteiger partial charge in [-0.1, -0.05) is 29.8 Å². The quantitative estimate of drug-likeness (QED) is 0.199. The molecule has 1 aliphatic rings. The van der Waals surface area contributed by atoms with Crippen LogP contribution in [-0.4, -0.2) is 64.0 Å². The summed E-state index contributed by atoms with van der Waals surface area (Å²) in [5.74, 6) is -2.73. The highest BCUT2D eigenvalue weighted by Gasteiger charge is 2.38. The van der Waals surface area contributed by atoms with Gasteiger partial charge in [0, 0.05) is 50.2 Å². The molecule has 1 unspecified atom stereocenters. The summed E-state index contributed by atoms with van der Waals surface area (Å²) in [4.78, 5) is 32.1. The van der Waals surface area contributed by atoms with Gasteiger partial charge in [0.1, 0.15) is 17.0 Å². The van der Waals surface area contributed by atoms with Gasteiger partial charge in [0.15, 0.2) is 11.6 Å². The second-order valence-electron chi connectivity index (χ2n) is 9.43. The molecule has 0 N–H and O–H groups in total. The number of anilines is 1. The van der Waals surface area contributed by atoms with Crippen LogP contribution in [0.25, 0.3) is 28.2 Å². The summed E-state index contributed by atoms with van der Waals surface area (Å²) >= 11 is 5.84. The first-order valence-corrected chi connectivity index (χ1v) is 12.9. The molecule has 0 aliphatic carbocycles. The van der Waals surface area contributed by atoms with Crippen molar-refractivity contribution in [3.63, 3.8) is 0 Å². The van der Waals surface area contributed by atoms with Crippen LogP contribution in [0.15, 0.2) is 54.6 Å². The lowest BCUT2D eigenvalue weighted by Gasteiger charge is -2.27. The number of halogens is 6. The smallest absolute Gasteiger partial charge is 0.418 e. The number of pyridine rings is 2. The van der Waals surface area contributed by atoms with E-state index in [1.165, 1.54) is 30.5 Å². The first-order chi connectivity index (χ1) is 20.0. The molecule has 4 heterocycles. The molecule has 1 amide bonds. The molecule has 0 saturated carbocycles. The van der Waals surface area contributed by atoms with Crippen LogP contribution < -0.4 is 9.64 Å². The highest BCUT2D eigenvalue weighted by molar-refractivity contribution is 6.31. The Morgan fingerprint density at radius 2 is 1.95 bits per heavy atom. The van der Waals surface area contributed by atoms with Crippen LogP contribution in [0.3, 0.4) is 0 Å². The van der Waals surface area contributed by atoms with Crippen molar-refractivity contribution in [1.29, 1.82) is 0 Å². The zero-order valence-corrected chi connectivity index (χ0v) is 22.9. The molecule has 42 heavy (non-hydrogen) atoms. The number of methoxy groups -OCH3 is 1. The van der Waals surface area contributed by atoms with Gasteiger partial charge < -0.3 is 14.5 Å². The monoisotopic (exact) mass is 604 g/mol. The molecule has 0 radical (unpaired) electrons. The number of aromatic nitrogens is 4. The van der Waals surface area contributed by atoms with Gasteiger partial charge in [-0.25, -0.2) is 8.78 Å². The first-order valence-electron chi connectivity index (χ1n) is 12.6. The Kier molecular flexibility index (Phi) is 7.95. The number of ether oxygens (including phenoxy) is 1. The van der Waals surface area contributed by atoms with Crippen molar-refractivity contribution in [2.75, 3.05) is 32.1 Å². The third kappa shape index (κ3) is 5.56. The second kappa shape index (κ2) is 11.5. The standard InChI is InChI=1S/C28H22ClF5N6O2/c1-39(16-9-11-40(14-16)26(41)20(30)12-15-6-3-4-10-35-15)25-18-13-36-23(22(31)24(18)37-27(38-25)42-2)17-7-5-8-19(29)21(17)28(32,33)34/h3-8,10,12-13,16H,9,11,14H2,1-2H3/b20-12-. The van der Waals surface area contributed by atoms with E-state index in [9.17, 15) is 22.4 Å². The molecule has 1 saturated heterocycles. The van der Waals surface area contributed by atoms with E-state index in [-0.39, 0.29) is 41.9 Å². The van der Waals surface area contributed by atoms with E-state index in [4.69, 9.17) is 16.3 Å². The van der Waals surface area contributed by atoms with Crippen LogP contribution in [0.5, 0.6) is 6.01 Å². The highest BCUT2D eigenvalue weighted by Crippen LogP contribution is 2.42. The fourth-order valence-electron chi connectivity index (χ4n) is 4.80. The number of alkyl halides is 3. The summed E-state index contributed by atoms with van der Waals surface area (Å²) in [6.07, 6.45) is -0.733. The number of hydrogen-bond acceptors (Lipinski definition) is 7. The molecule has 3 aromatic heterocycles. The topological polar surface area (TPSA) is 84.3 Å². The SMILES string of the molecule is COc1nc(N(C)C2CCN(C(=O)/C(F)=C/c3ccccn3)C2)c2cnc(-c3cccc(Cl)c3C(F)(F)F)c(F)c2n1. The Morgan fingerprint density at radius 1 is 1.17 bits per heavy atom. The number of carbonyl (C=O) groups is 1. The maximum atomic E-state index is 15.9. The van der Waals surface area contributed by atoms with Gasteiger partial charge in [0.2, 0.25) is 0 Å². The van der Waals surface area contributed by atoms with Crippen LogP contribution in [0.4, 0.5) is 27.8 Å². The molecule has 0 spiro atoms. The number of rotatable bonds is 6. The minimum Gasteiger partial charge on any atom is -0.467 e. The molecule has 8 nitrogen and oxygen atoms in total. The molecule has 0 bridgehead atoms. The van der Waals surface area contributed by atoms with Crippen molar-refractivity contribution in [2.24, 2.45) is 0 Å². The normalized spacial score (nSPS) is 15.8. The highest BCUT2D eigenvalue weighted by atomic mass is 35.5. The van der Waals surface area contributed by atoms with E-state index in [1.54, 1.807) is 30.1 Å². The minimum atomic E-state index is -4.87. The second-order valence-corrected chi connectivity index (χ2v) is 9.84. The maximum absolute atomic E-state index is 15.9. The Labute approximate surface area is 241 Å². The average Bonchev–Trinajstić information content (AvgIpc) is 3.46. The first kappa shape index (κ1) is 29.1. The van der Waals surface area contributed by atoms with E-state index in [0.717, 1.165) is 18.2 Å². The Hall–Kier alpha value is -4.39. The van der Waals surface area contributed by atoms with Crippen molar-refractivity contribution in [3.8, 4) is 17.3 Å². The van der Waals surface area contributed by atoms with Crippen molar-refractivity contribution >= 4 is 40.3 Å². The number of amides is 1. The summed E-state index contributed by atoms with van der Waals surface area (Å²) < 4.78 is 77.1. The molecule has 5 rings (SSSR count). The van der Waals surface area contributed by atoms with Crippen molar-refractivity contribution in [2.45, 2.75) is 18.6 Å². The minimum absolute atomic E-state index is 0.0983. The lowest BCUT2D eigenvalue weighted by atomic mass is 10.0. The zero-order chi connectivity index (χ0) is 30.2. The lowest BCUT2D eigenvalue weighted by molar-refractivity contribution is -0.137. The summed E-state index contributed by atoms with van der Waals surface area (Å²) in [5, 5.41) is -0.505. The number of nitrogens with zero attached hydrogens (tertiary/aromatic N) is 6. The van der Waals surface area contributed by atoms with Crippen molar-refractivity contribution < 1.29 is 31.5 Å². The number of likely N-dealkylation sites (N-methyl/N-ethyl adjacent to an activating group) is 1. The molecule has 1 aromatic carbocycles.